The molecule has 1 amide bonds. The number of amides is 1. The van der Waals surface area contributed by atoms with E-state index in [0.717, 1.165) is 11.1 Å². The van der Waals surface area contributed by atoms with Crippen LogP contribution in [-0.4, -0.2) is 17.9 Å². The highest BCUT2D eigenvalue weighted by Gasteiger charge is 2.21. The first kappa shape index (κ1) is 14.9. The molecule has 0 aliphatic heterocycles. The molecule has 0 radical (unpaired) electrons. The summed E-state index contributed by atoms with van der Waals surface area (Å²) in [5.74, 6) is -0.118. The van der Waals surface area contributed by atoms with Gasteiger partial charge in [-0.3, -0.25) is 4.79 Å². The number of nitrogens with zero attached hydrogens (tertiary/aromatic N) is 1. The number of halogens is 2. The largest absolute Gasteiger partial charge is 0.340 e. The zero-order valence-corrected chi connectivity index (χ0v) is 12.6. The number of carbonyl (C=O) groups is 1. The summed E-state index contributed by atoms with van der Waals surface area (Å²) in [7, 11) is 1.75. The molecule has 0 aliphatic rings. The second-order valence-corrected chi connectivity index (χ2v) is 5.47. The summed E-state index contributed by atoms with van der Waals surface area (Å²) in [6, 6.07) is 16.8. The second-order valence-electron chi connectivity index (χ2n) is 4.59. The molecule has 0 fully saturated rings. The summed E-state index contributed by atoms with van der Waals surface area (Å²) >= 11 is 12.1. The minimum absolute atomic E-state index is 0.118. The molecule has 104 valence electrons. The lowest BCUT2D eigenvalue weighted by atomic mass is 10.1. The molecule has 2 rings (SSSR count). The summed E-state index contributed by atoms with van der Waals surface area (Å²) in [5, 5.41) is 0.0238. The average molecular weight is 308 g/mol. The van der Waals surface area contributed by atoms with Gasteiger partial charge in [-0.15, -0.1) is 11.6 Å². The van der Waals surface area contributed by atoms with E-state index in [0.29, 0.717) is 11.6 Å². The molecule has 1 unspecified atom stereocenters. The Morgan fingerprint density at radius 3 is 2.30 bits per heavy atom. The van der Waals surface area contributed by atoms with E-state index in [1.54, 1.807) is 11.9 Å². The smallest absolute Gasteiger partial charge is 0.245 e. The molecule has 0 saturated heterocycles. The molecule has 2 aromatic carbocycles. The predicted octanol–water partition coefficient (Wildman–Crippen LogP) is 4.28. The van der Waals surface area contributed by atoms with Crippen LogP contribution in [0.1, 0.15) is 16.5 Å². The first-order valence-electron chi connectivity index (χ1n) is 6.26. The maximum Gasteiger partial charge on any atom is 0.245 e. The molecule has 0 saturated carbocycles. The van der Waals surface area contributed by atoms with Crippen molar-refractivity contribution in [3.63, 3.8) is 0 Å². The van der Waals surface area contributed by atoms with Crippen LogP contribution in [0.25, 0.3) is 0 Å². The lowest BCUT2D eigenvalue weighted by molar-refractivity contribution is -0.130. The minimum Gasteiger partial charge on any atom is -0.340 e. The molecule has 0 bridgehead atoms. The fourth-order valence-electron chi connectivity index (χ4n) is 1.90. The monoisotopic (exact) mass is 307 g/mol. The highest BCUT2D eigenvalue weighted by atomic mass is 35.5. The van der Waals surface area contributed by atoms with Crippen LogP contribution in [0.4, 0.5) is 0 Å². The van der Waals surface area contributed by atoms with Gasteiger partial charge in [0.15, 0.2) is 0 Å². The van der Waals surface area contributed by atoms with Gasteiger partial charge in [0.1, 0.15) is 5.38 Å². The van der Waals surface area contributed by atoms with Crippen molar-refractivity contribution in [1.82, 2.24) is 4.90 Å². The van der Waals surface area contributed by atoms with Crippen molar-refractivity contribution in [2.75, 3.05) is 7.05 Å². The number of likely N-dealkylation sites (N-methyl/N-ethyl adjacent to an activating group) is 1. The van der Waals surface area contributed by atoms with Gasteiger partial charge >= 0.3 is 0 Å². The lowest BCUT2D eigenvalue weighted by Crippen LogP contribution is -2.29. The Kier molecular flexibility index (Phi) is 5.05. The van der Waals surface area contributed by atoms with Crippen molar-refractivity contribution < 1.29 is 4.79 Å². The van der Waals surface area contributed by atoms with Crippen molar-refractivity contribution in [1.29, 1.82) is 0 Å². The van der Waals surface area contributed by atoms with Gasteiger partial charge < -0.3 is 4.90 Å². The number of carbonyl (C=O) groups excluding carboxylic acids is 1. The van der Waals surface area contributed by atoms with Gasteiger partial charge in [-0.25, -0.2) is 0 Å². The van der Waals surface area contributed by atoms with Crippen LogP contribution in [0.3, 0.4) is 0 Å². The molecule has 0 aromatic heterocycles. The van der Waals surface area contributed by atoms with Crippen LogP contribution < -0.4 is 0 Å². The van der Waals surface area contributed by atoms with Gasteiger partial charge in [-0.05, 0) is 23.3 Å². The standard InChI is InChI=1S/C16H15Cl2NO/c1-19(11-12-7-9-14(17)10-8-12)16(20)15(18)13-5-3-2-4-6-13/h2-10,15H,11H2,1H3. The maximum atomic E-state index is 12.3. The van der Waals surface area contributed by atoms with Crippen LogP contribution in [0.5, 0.6) is 0 Å². The molecule has 2 aromatic rings. The Morgan fingerprint density at radius 1 is 1.10 bits per heavy atom. The van der Waals surface area contributed by atoms with Gasteiger partial charge in [0.25, 0.3) is 0 Å². The highest BCUT2D eigenvalue weighted by molar-refractivity contribution is 6.31. The van der Waals surface area contributed by atoms with Crippen molar-refractivity contribution >= 4 is 29.1 Å². The number of hydrogen-bond acceptors (Lipinski definition) is 1. The topological polar surface area (TPSA) is 20.3 Å². The van der Waals surface area contributed by atoms with E-state index < -0.39 is 5.38 Å². The third kappa shape index (κ3) is 3.75. The summed E-state index contributed by atoms with van der Waals surface area (Å²) in [6.45, 7) is 0.506. The molecule has 1 atom stereocenters. The Morgan fingerprint density at radius 2 is 1.70 bits per heavy atom. The predicted molar refractivity (Wildman–Crippen MR) is 83.0 cm³/mol. The van der Waals surface area contributed by atoms with E-state index in [1.807, 2.05) is 54.6 Å². The third-order valence-corrected chi connectivity index (χ3v) is 3.71. The Labute approximate surface area is 128 Å². The van der Waals surface area contributed by atoms with Crippen molar-refractivity contribution in [3.05, 3.63) is 70.7 Å². The van der Waals surface area contributed by atoms with E-state index in [4.69, 9.17) is 23.2 Å². The van der Waals surface area contributed by atoms with Crippen molar-refractivity contribution in [3.8, 4) is 0 Å². The molecular formula is C16H15Cl2NO. The first-order chi connectivity index (χ1) is 9.58. The summed E-state index contributed by atoms with van der Waals surface area (Å²) < 4.78 is 0. The fraction of sp³-hybridized carbons (Fsp3) is 0.188. The lowest BCUT2D eigenvalue weighted by Gasteiger charge is -2.20. The highest BCUT2D eigenvalue weighted by Crippen LogP contribution is 2.23. The van der Waals surface area contributed by atoms with Gasteiger partial charge in [0, 0.05) is 18.6 Å². The van der Waals surface area contributed by atoms with E-state index >= 15 is 0 Å². The Hall–Kier alpha value is -1.51. The number of alkyl halides is 1. The summed E-state index contributed by atoms with van der Waals surface area (Å²) in [6.07, 6.45) is 0. The fourth-order valence-corrected chi connectivity index (χ4v) is 2.34. The first-order valence-corrected chi connectivity index (χ1v) is 7.08. The zero-order chi connectivity index (χ0) is 14.5. The van der Waals surface area contributed by atoms with Crippen LogP contribution in [0.2, 0.25) is 5.02 Å². The molecule has 0 heterocycles. The number of rotatable bonds is 4. The molecule has 4 heteroatoms. The van der Waals surface area contributed by atoms with Crippen LogP contribution >= 0.6 is 23.2 Å². The quantitative estimate of drug-likeness (QED) is 0.772. The van der Waals surface area contributed by atoms with E-state index in [2.05, 4.69) is 0 Å². The zero-order valence-electron chi connectivity index (χ0n) is 11.1. The normalized spacial score (nSPS) is 11.9. The van der Waals surface area contributed by atoms with Crippen LogP contribution in [0, 0.1) is 0 Å². The van der Waals surface area contributed by atoms with Crippen molar-refractivity contribution in [2.24, 2.45) is 0 Å². The summed E-state index contributed by atoms with van der Waals surface area (Å²) in [5.41, 5.74) is 1.82. The van der Waals surface area contributed by atoms with Crippen LogP contribution in [0.15, 0.2) is 54.6 Å². The number of benzene rings is 2. The average Bonchev–Trinajstić information content (AvgIpc) is 2.49. The molecule has 2 nitrogen and oxygen atoms in total. The second kappa shape index (κ2) is 6.78. The molecular weight excluding hydrogens is 293 g/mol. The Bertz CT molecular complexity index is 569. The molecule has 0 N–H and O–H groups in total. The van der Waals surface area contributed by atoms with Crippen LogP contribution in [-0.2, 0) is 11.3 Å². The van der Waals surface area contributed by atoms with Gasteiger partial charge in [0.2, 0.25) is 5.91 Å². The third-order valence-electron chi connectivity index (χ3n) is 3.02. The van der Waals surface area contributed by atoms with E-state index in [9.17, 15) is 4.79 Å². The number of hydrogen-bond donors (Lipinski definition) is 0. The summed E-state index contributed by atoms with van der Waals surface area (Å²) in [4.78, 5) is 13.9. The van der Waals surface area contributed by atoms with E-state index in [-0.39, 0.29) is 5.91 Å². The van der Waals surface area contributed by atoms with E-state index in [1.165, 1.54) is 0 Å². The Balaban J connectivity index is 2.03. The maximum absolute atomic E-state index is 12.3. The van der Waals surface area contributed by atoms with Gasteiger partial charge in [-0.1, -0.05) is 54.1 Å². The molecule has 20 heavy (non-hydrogen) atoms. The van der Waals surface area contributed by atoms with Gasteiger partial charge in [0.05, 0.1) is 0 Å². The minimum atomic E-state index is -0.659. The molecule has 0 spiro atoms. The van der Waals surface area contributed by atoms with Crippen molar-refractivity contribution in [2.45, 2.75) is 11.9 Å². The van der Waals surface area contributed by atoms with Gasteiger partial charge in [-0.2, -0.15) is 0 Å². The molecule has 0 aliphatic carbocycles. The SMILES string of the molecule is CN(Cc1ccc(Cl)cc1)C(=O)C(Cl)c1ccccc1.